The molecule has 5 nitrogen and oxygen atoms in total. The molecule has 2 amide bonds. The van der Waals surface area contributed by atoms with Crippen LogP contribution in [0, 0.1) is 5.82 Å². The van der Waals surface area contributed by atoms with E-state index in [2.05, 4.69) is 16.4 Å². The number of fused-ring (bicyclic) bond motifs is 1. The molecule has 0 saturated carbocycles. The molecule has 29 heavy (non-hydrogen) atoms. The quantitative estimate of drug-likeness (QED) is 0.641. The number of hydrogen-bond acceptors (Lipinski definition) is 3. The van der Waals surface area contributed by atoms with Crippen molar-refractivity contribution in [3.8, 4) is 0 Å². The van der Waals surface area contributed by atoms with Crippen molar-refractivity contribution in [1.82, 2.24) is 9.88 Å². The number of aromatic nitrogens is 1. The van der Waals surface area contributed by atoms with Gasteiger partial charge in [-0.05, 0) is 60.2 Å². The van der Waals surface area contributed by atoms with Crippen LogP contribution in [0.1, 0.15) is 29.5 Å². The number of amides is 2. The summed E-state index contributed by atoms with van der Waals surface area (Å²) in [7, 11) is 0. The SMILES string of the molecule is O=C1CCc2cc(/C=C/C(=O)N3CC=C(Cc4cccc(F)c4)CC3)cnc2N1. The van der Waals surface area contributed by atoms with Crippen molar-refractivity contribution in [2.45, 2.75) is 25.7 Å². The fraction of sp³-hybridized carbons (Fsp3) is 0.261. The lowest BCUT2D eigenvalue weighted by molar-refractivity contribution is -0.125. The third-order valence-corrected chi connectivity index (χ3v) is 5.22. The van der Waals surface area contributed by atoms with Crippen molar-refractivity contribution in [2.24, 2.45) is 0 Å². The van der Waals surface area contributed by atoms with Crippen molar-refractivity contribution in [1.29, 1.82) is 0 Å². The number of carbonyl (C=O) groups excluding carboxylic acids is 2. The third kappa shape index (κ3) is 4.77. The largest absolute Gasteiger partial charge is 0.335 e. The molecule has 0 aliphatic carbocycles. The van der Waals surface area contributed by atoms with Crippen LogP contribution in [0.2, 0.25) is 0 Å². The van der Waals surface area contributed by atoms with Gasteiger partial charge in [0.2, 0.25) is 11.8 Å². The second-order valence-corrected chi connectivity index (χ2v) is 7.36. The van der Waals surface area contributed by atoms with Crippen molar-refractivity contribution >= 4 is 23.7 Å². The van der Waals surface area contributed by atoms with Gasteiger partial charge in [0, 0.05) is 31.8 Å². The lowest BCUT2D eigenvalue weighted by Crippen LogP contribution is -2.33. The average Bonchev–Trinajstić information content (AvgIpc) is 2.72. The van der Waals surface area contributed by atoms with Crippen LogP contribution in [0.3, 0.4) is 0 Å². The van der Waals surface area contributed by atoms with Crippen molar-refractivity contribution in [3.63, 3.8) is 0 Å². The van der Waals surface area contributed by atoms with Crippen molar-refractivity contribution < 1.29 is 14.0 Å². The first-order valence-electron chi connectivity index (χ1n) is 9.75. The molecule has 0 atom stereocenters. The summed E-state index contributed by atoms with van der Waals surface area (Å²) in [6.45, 7) is 1.21. The predicted molar refractivity (Wildman–Crippen MR) is 110 cm³/mol. The van der Waals surface area contributed by atoms with E-state index in [0.717, 1.165) is 23.1 Å². The summed E-state index contributed by atoms with van der Waals surface area (Å²) >= 11 is 0. The van der Waals surface area contributed by atoms with Gasteiger partial charge in [0.15, 0.2) is 0 Å². The van der Waals surface area contributed by atoms with Crippen LogP contribution in [-0.2, 0) is 22.4 Å². The number of anilines is 1. The van der Waals surface area contributed by atoms with Crippen LogP contribution >= 0.6 is 0 Å². The Bertz CT molecular complexity index is 1010. The van der Waals surface area contributed by atoms with E-state index in [1.165, 1.54) is 11.6 Å². The minimum atomic E-state index is -0.222. The molecule has 4 rings (SSSR count). The molecule has 0 bridgehead atoms. The fourth-order valence-corrected chi connectivity index (χ4v) is 3.62. The van der Waals surface area contributed by atoms with E-state index in [1.807, 2.05) is 12.1 Å². The molecule has 0 spiro atoms. The average molecular weight is 391 g/mol. The molecular weight excluding hydrogens is 369 g/mol. The topological polar surface area (TPSA) is 62.3 Å². The monoisotopic (exact) mass is 391 g/mol. The van der Waals surface area contributed by atoms with Gasteiger partial charge in [0.05, 0.1) is 0 Å². The molecule has 0 unspecified atom stereocenters. The molecule has 148 valence electrons. The van der Waals surface area contributed by atoms with Crippen LogP contribution in [-0.4, -0.2) is 34.8 Å². The zero-order valence-corrected chi connectivity index (χ0v) is 16.0. The number of carbonyl (C=O) groups is 2. The van der Waals surface area contributed by atoms with E-state index in [0.29, 0.717) is 38.2 Å². The van der Waals surface area contributed by atoms with E-state index >= 15 is 0 Å². The Morgan fingerprint density at radius 3 is 2.93 bits per heavy atom. The molecular formula is C23H22FN3O2. The van der Waals surface area contributed by atoms with Gasteiger partial charge >= 0.3 is 0 Å². The molecule has 3 heterocycles. The Morgan fingerprint density at radius 2 is 2.14 bits per heavy atom. The summed E-state index contributed by atoms with van der Waals surface area (Å²) in [6, 6.07) is 8.60. The molecule has 2 aliphatic heterocycles. The van der Waals surface area contributed by atoms with Crippen molar-refractivity contribution in [3.05, 3.63) is 76.8 Å². The molecule has 2 aromatic rings. The molecule has 1 aromatic carbocycles. The second kappa shape index (κ2) is 8.39. The highest BCUT2D eigenvalue weighted by molar-refractivity contribution is 5.94. The van der Waals surface area contributed by atoms with E-state index in [9.17, 15) is 14.0 Å². The number of aryl methyl sites for hydroxylation is 1. The number of halogens is 1. The second-order valence-electron chi connectivity index (χ2n) is 7.36. The standard InChI is InChI=1S/C23H22FN3O2/c24-20-3-1-2-17(14-20)12-16-8-10-27(11-9-16)22(29)7-4-18-13-19-5-6-21(28)26-23(19)25-15-18/h1-4,7-8,13-15H,5-6,9-12H2,(H,25,26,28)/b7-4+. The van der Waals surface area contributed by atoms with Crippen LogP contribution in [0.4, 0.5) is 10.2 Å². The fourth-order valence-electron chi connectivity index (χ4n) is 3.62. The molecule has 1 N–H and O–H groups in total. The van der Waals surface area contributed by atoms with Gasteiger partial charge in [-0.1, -0.05) is 23.8 Å². The highest BCUT2D eigenvalue weighted by Gasteiger charge is 2.17. The summed E-state index contributed by atoms with van der Waals surface area (Å²) in [5.74, 6) is 0.326. The minimum Gasteiger partial charge on any atom is -0.335 e. The number of pyridine rings is 1. The van der Waals surface area contributed by atoms with Gasteiger partial charge in [0.25, 0.3) is 0 Å². The molecule has 0 saturated heterocycles. The third-order valence-electron chi connectivity index (χ3n) is 5.22. The summed E-state index contributed by atoms with van der Waals surface area (Å²) in [6.07, 6.45) is 9.66. The number of hydrogen-bond donors (Lipinski definition) is 1. The van der Waals surface area contributed by atoms with E-state index in [1.54, 1.807) is 35.4 Å². The maximum Gasteiger partial charge on any atom is 0.246 e. The summed E-state index contributed by atoms with van der Waals surface area (Å²) in [5, 5.41) is 2.75. The smallest absolute Gasteiger partial charge is 0.246 e. The lowest BCUT2D eigenvalue weighted by Gasteiger charge is -2.25. The van der Waals surface area contributed by atoms with E-state index in [-0.39, 0.29) is 17.6 Å². The first-order chi connectivity index (χ1) is 14.1. The lowest BCUT2D eigenvalue weighted by atomic mass is 9.99. The first-order valence-corrected chi connectivity index (χ1v) is 9.75. The Labute approximate surface area is 168 Å². The number of nitrogens with zero attached hydrogens (tertiary/aromatic N) is 2. The molecule has 1 aromatic heterocycles. The minimum absolute atomic E-state index is 0.0154. The van der Waals surface area contributed by atoms with Crippen molar-refractivity contribution in [2.75, 3.05) is 18.4 Å². The Morgan fingerprint density at radius 1 is 1.24 bits per heavy atom. The van der Waals surface area contributed by atoms with Gasteiger partial charge < -0.3 is 10.2 Å². The Kier molecular flexibility index (Phi) is 5.51. The summed E-state index contributed by atoms with van der Waals surface area (Å²) in [4.78, 5) is 30.0. The highest BCUT2D eigenvalue weighted by atomic mass is 19.1. The highest BCUT2D eigenvalue weighted by Crippen LogP contribution is 2.22. The molecule has 6 heteroatoms. The maximum atomic E-state index is 13.3. The van der Waals surface area contributed by atoms with Gasteiger partial charge in [-0.25, -0.2) is 9.37 Å². The normalized spacial score (nSPS) is 16.4. The zero-order valence-electron chi connectivity index (χ0n) is 16.0. The van der Waals surface area contributed by atoms with Gasteiger partial charge in [-0.15, -0.1) is 0 Å². The molecule has 2 aliphatic rings. The molecule has 0 radical (unpaired) electrons. The predicted octanol–water partition coefficient (Wildman–Crippen LogP) is 3.52. The first kappa shape index (κ1) is 19.1. The number of nitrogens with one attached hydrogen (secondary N) is 1. The zero-order chi connectivity index (χ0) is 20.2. The summed E-state index contributed by atoms with van der Waals surface area (Å²) in [5.41, 5.74) is 4.01. The van der Waals surface area contributed by atoms with Crippen LogP contribution in [0.25, 0.3) is 6.08 Å². The van der Waals surface area contributed by atoms with Gasteiger partial charge in [-0.2, -0.15) is 0 Å². The van der Waals surface area contributed by atoms with Crippen LogP contribution < -0.4 is 5.32 Å². The number of benzene rings is 1. The van der Waals surface area contributed by atoms with E-state index < -0.39 is 0 Å². The van der Waals surface area contributed by atoms with E-state index in [4.69, 9.17) is 0 Å². The van der Waals surface area contributed by atoms with Gasteiger partial charge in [-0.3, -0.25) is 9.59 Å². The Hall–Kier alpha value is -3.28. The molecule has 0 fully saturated rings. The van der Waals surface area contributed by atoms with Crippen LogP contribution in [0.5, 0.6) is 0 Å². The maximum absolute atomic E-state index is 13.3. The summed E-state index contributed by atoms with van der Waals surface area (Å²) < 4.78 is 13.3. The number of rotatable bonds is 4. The van der Waals surface area contributed by atoms with Crippen LogP contribution in [0.15, 0.2) is 54.3 Å². The Balaban J connectivity index is 1.35. The van der Waals surface area contributed by atoms with Gasteiger partial charge in [0.1, 0.15) is 11.6 Å².